The highest BCUT2D eigenvalue weighted by atomic mass is 19.3. The highest BCUT2D eigenvalue weighted by Gasteiger charge is 2.20. The van der Waals surface area contributed by atoms with Crippen molar-refractivity contribution < 1.29 is 27.8 Å². The van der Waals surface area contributed by atoms with Crippen molar-refractivity contribution in [3.8, 4) is 17.2 Å². The van der Waals surface area contributed by atoms with Crippen LogP contribution < -0.4 is 19.5 Å². The van der Waals surface area contributed by atoms with E-state index in [1.165, 1.54) is 19.2 Å². The van der Waals surface area contributed by atoms with E-state index in [1.54, 1.807) is 24.3 Å². The molecule has 1 fully saturated rings. The van der Waals surface area contributed by atoms with Crippen molar-refractivity contribution in [1.82, 2.24) is 5.32 Å². The van der Waals surface area contributed by atoms with E-state index < -0.39 is 6.61 Å². The first-order valence-electron chi connectivity index (χ1n) is 9.22. The average molecular weight is 391 g/mol. The lowest BCUT2D eigenvalue weighted by atomic mass is 10.1. The summed E-state index contributed by atoms with van der Waals surface area (Å²) in [4.78, 5) is 12.6. The number of amides is 1. The molecule has 28 heavy (non-hydrogen) atoms. The summed E-state index contributed by atoms with van der Waals surface area (Å²) < 4.78 is 40.6. The van der Waals surface area contributed by atoms with E-state index in [9.17, 15) is 13.6 Å². The Morgan fingerprint density at radius 2 is 1.86 bits per heavy atom. The number of rotatable bonds is 8. The topological polar surface area (TPSA) is 56.8 Å². The molecule has 1 aliphatic rings. The van der Waals surface area contributed by atoms with Crippen LogP contribution in [0.15, 0.2) is 42.5 Å². The fourth-order valence-corrected chi connectivity index (χ4v) is 3.24. The van der Waals surface area contributed by atoms with E-state index in [4.69, 9.17) is 9.47 Å². The van der Waals surface area contributed by atoms with Gasteiger partial charge in [-0.3, -0.25) is 4.79 Å². The Hall–Kier alpha value is -2.83. The minimum Gasteiger partial charge on any atom is -0.493 e. The molecule has 0 unspecified atom stereocenters. The smallest absolute Gasteiger partial charge is 0.387 e. The second-order valence-corrected chi connectivity index (χ2v) is 6.57. The van der Waals surface area contributed by atoms with E-state index in [1.807, 2.05) is 6.07 Å². The molecule has 2 aromatic carbocycles. The number of para-hydroxylation sites is 1. The average Bonchev–Trinajstić information content (AvgIpc) is 3.19. The van der Waals surface area contributed by atoms with Gasteiger partial charge in [-0.25, -0.2) is 0 Å². The Balaban J connectivity index is 1.67. The number of halogens is 2. The summed E-state index contributed by atoms with van der Waals surface area (Å²) in [7, 11) is 1.37. The maximum atomic E-state index is 12.6. The number of benzene rings is 2. The first-order valence-corrected chi connectivity index (χ1v) is 9.22. The van der Waals surface area contributed by atoms with Gasteiger partial charge in [-0.2, -0.15) is 8.78 Å². The van der Waals surface area contributed by atoms with Gasteiger partial charge >= 0.3 is 6.61 Å². The molecule has 0 aromatic heterocycles. The molecule has 2 aromatic rings. The molecule has 5 nitrogen and oxygen atoms in total. The van der Waals surface area contributed by atoms with Gasteiger partial charge in [0.15, 0.2) is 11.5 Å². The van der Waals surface area contributed by atoms with Gasteiger partial charge < -0.3 is 19.5 Å². The monoisotopic (exact) mass is 391 g/mol. The lowest BCUT2D eigenvalue weighted by Crippen LogP contribution is -2.24. The number of hydrogen-bond donors (Lipinski definition) is 1. The third-order valence-corrected chi connectivity index (χ3v) is 4.62. The van der Waals surface area contributed by atoms with Crippen molar-refractivity contribution in [2.75, 3.05) is 7.11 Å². The fraction of sp³-hybridized carbons (Fsp3) is 0.381. The fourth-order valence-electron chi connectivity index (χ4n) is 3.24. The minimum atomic E-state index is -2.96. The predicted octanol–water partition coefficient (Wildman–Crippen LogP) is 4.55. The first-order chi connectivity index (χ1) is 13.6. The number of carbonyl (C=O) groups excluding carboxylic acids is 1. The van der Waals surface area contributed by atoms with Crippen LogP contribution >= 0.6 is 0 Å². The van der Waals surface area contributed by atoms with Gasteiger partial charge in [0.2, 0.25) is 0 Å². The quantitative estimate of drug-likeness (QED) is 0.717. The van der Waals surface area contributed by atoms with Crippen LogP contribution in [0.5, 0.6) is 17.2 Å². The zero-order valence-corrected chi connectivity index (χ0v) is 15.6. The second-order valence-electron chi connectivity index (χ2n) is 6.57. The summed E-state index contributed by atoms with van der Waals surface area (Å²) in [5, 5.41) is 2.80. The Bertz CT molecular complexity index is 807. The summed E-state index contributed by atoms with van der Waals surface area (Å²) in [6, 6.07) is 11.7. The van der Waals surface area contributed by atoms with Gasteiger partial charge in [-0.15, -0.1) is 0 Å². The van der Waals surface area contributed by atoms with E-state index in [-0.39, 0.29) is 30.1 Å². The Morgan fingerprint density at radius 3 is 2.57 bits per heavy atom. The number of hydrogen-bond acceptors (Lipinski definition) is 4. The molecule has 0 heterocycles. The number of ether oxygens (including phenoxy) is 3. The molecule has 0 saturated heterocycles. The summed E-state index contributed by atoms with van der Waals surface area (Å²) in [6.45, 7) is -2.81. The lowest BCUT2D eigenvalue weighted by Gasteiger charge is -2.16. The molecule has 1 amide bonds. The summed E-state index contributed by atoms with van der Waals surface area (Å²) in [6.07, 6.45) is 4.41. The number of carbonyl (C=O) groups is 1. The molecule has 1 saturated carbocycles. The van der Waals surface area contributed by atoms with Gasteiger partial charge in [0.05, 0.1) is 18.8 Å². The van der Waals surface area contributed by atoms with Crippen molar-refractivity contribution >= 4 is 5.91 Å². The van der Waals surface area contributed by atoms with E-state index in [2.05, 4.69) is 10.1 Å². The molecular weight excluding hydrogens is 368 g/mol. The van der Waals surface area contributed by atoms with Crippen molar-refractivity contribution in [3.05, 3.63) is 53.6 Å². The third kappa shape index (κ3) is 5.12. The van der Waals surface area contributed by atoms with Crippen molar-refractivity contribution in [3.63, 3.8) is 0 Å². The molecule has 7 heteroatoms. The van der Waals surface area contributed by atoms with Crippen LogP contribution in [-0.4, -0.2) is 25.7 Å². The van der Waals surface area contributed by atoms with Crippen LogP contribution in [0, 0.1) is 0 Å². The zero-order chi connectivity index (χ0) is 19.9. The third-order valence-electron chi connectivity index (χ3n) is 4.62. The molecule has 0 radical (unpaired) electrons. The lowest BCUT2D eigenvalue weighted by molar-refractivity contribution is -0.0512. The van der Waals surface area contributed by atoms with Gasteiger partial charge in [0.1, 0.15) is 5.75 Å². The standard InChI is InChI=1S/C21H23F2NO4/c1-26-18-11-10-14(12-19(18)28-21(22)23)13-24-20(25)16-8-4-5-9-17(16)27-15-6-2-3-7-15/h4-5,8-12,15,21H,2-3,6-7,13H2,1H3,(H,24,25). The van der Waals surface area contributed by atoms with Crippen LogP contribution in [0.25, 0.3) is 0 Å². The zero-order valence-electron chi connectivity index (χ0n) is 15.6. The highest BCUT2D eigenvalue weighted by molar-refractivity contribution is 5.96. The first kappa shape index (κ1) is 19.9. The summed E-state index contributed by atoms with van der Waals surface area (Å²) in [5.41, 5.74) is 1.06. The van der Waals surface area contributed by atoms with Crippen LogP contribution in [0.1, 0.15) is 41.6 Å². The number of nitrogens with one attached hydrogen (secondary N) is 1. The van der Waals surface area contributed by atoms with E-state index in [0.717, 1.165) is 25.7 Å². The Labute approximate surface area is 162 Å². The van der Waals surface area contributed by atoms with Crippen molar-refractivity contribution in [2.24, 2.45) is 0 Å². The van der Waals surface area contributed by atoms with E-state index >= 15 is 0 Å². The molecule has 0 spiro atoms. The summed E-state index contributed by atoms with van der Waals surface area (Å²) >= 11 is 0. The Morgan fingerprint density at radius 1 is 1.11 bits per heavy atom. The highest BCUT2D eigenvalue weighted by Crippen LogP contribution is 2.30. The normalized spacial score (nSPS) is 14.1. The molecule has 0 bridgehead atoms. The van der Waals surface area contributed by atoms with Crippen LogP contribution in [0.4, 0.5) is 8.78 Å². The molecular formula is C21H23F2NO4. The van der Waals surface area contributed by atoms with Crippen LogP contribution in [-0.2, 0) is 6.54 Å². The van der Waals surface area contributed by atoms with Crippen LogP contribution in [0.3, 0.4) is 0 Å². The molecule has 1 aliphatic carbocycles. The predicted molar refractivity (Wildman–Crippen MR) is 100 cm³/mol. The minimum absolute atomic E-state index is 0.0748. The van der Waals surface area contributed by atoms with Crippen molar-refractivity contribution in [1.29, 1.82) is 0 Å². The molecule has 3 rings (SSSR count). The molecule has 1 N–H and O–H groups in total. The molecule has 150 valence electrons. The van der Waals surface area contributed by atoms with E-state index in [0.29, 0.717) is 16.9 Å². The largest absolute Gasteiger partial charge is 0.493 e. The van der Waals surface area contributed by atoms with Crippen molar-refractivity contribution in [2.45, 2.75) is 44.9 Å². The van der Waals surface area contributed by atoms with Gasteiger partial charge in [-0.1, -0.05) is 18.2 Å². The van der Waals surface area contributed by atoms with Gasteiger partial charge in [0.25, 0.3) is 5.91 Å². The maximum absolute atomic E-state index is 12.6. The molecule has 0 aliphatic heterocycles. The van der Waals surface area contributed by atoms with Gasteiger partial charge in [-0.05, 0) is 55.5 Å². The SMILES string of the molecule is COc1ccc(CNC(=O)c2ccccc2OC2CCCC2)cc1OC(F)F. The van der Waals surface area contributed by atoms with Gasteiger partial charge in [0, 0.05) is 6.54 Å². The second kappa shape index (κ2) is 9.39. The number of alkyl halides is 2. The van der Waals surface area contributed by atoms with Crippen LogP contribution in [0.2, 0.25) is 0 Å². The number of methoxy groups -OCH3 is 1. The maximum Gasteiger partial charge on any atom is 0.387 e. The Kier molecular flexibility index (Phi) is 6.68. The summed E-state index contributed by atoms with van der Waals surface area (Å²) in [5.74, 6) is 0.393. The molecule has 0 atom stereocenters.